The zero-order valence-electron chi connectivity index (χ0n) is 11.9. The third-order valence-electron chi connectivity index (χ3n) is 3.42. The molecule has 0 heterocycles. The van der Waals surface area contributed by atoms with E-state index in [9.17, 15) is 4.79 Å². The van der Waals surface area contributed by atoms with E-state index in [0.717, 1.165) is 18.3 Å². The Morgan fingerprint density at radius 1 is 1.06 bits per heavy atom. The minimum Gasteiger partial charge on any atom is -0.300 e. The Kier molecular flexibility index (Phi) is 8.60. The van der Waals surface area contributed by atoms with Crippen LogP contribution >= 0.6 is 0 Å². The zero-order valence-corrected chi connectivity index (χ0v) is 11.9. The molecule has 0 aliphatic carbocycles. The summed E-state index contributed by atoms with van der Waals surface area (Å²) < 4.78 is 0. The fraction of sp³-hybridized carbons (Fsp3) is 0.933. The maximum atomic E-state index is 11.3. The lowest BCUT2D eigenvalue weighted by molar-refractivity contribution is -0.119. The zero-order chi connectivity index (χ0) is 12.6. The van der Waals surface area contributed by atoms with Crippen LogP contribution in [-0.4, -0.2) is 5.78 Å². The summed E-state index contributed by atoms with van der Waals surface area (Å²) in [5, 5.41) is 0. The fourth-order valence-electron chi connectivity index (χ4n) is 2.31. The number of hydrogen-bond acceptors (Lipinski definition) is 1. The first kappa shape index (κ1) is 15.7. The van der Waals surface area contributed by atoms with E-state index in [1.165, 1.54) is 25.7 Å². The normalized spacial score (nSPS) is 15.1. The Labute approximate surface area is 102 Å². The lowest BCUT2D eigenvalue weighted by Gasteiger charge is -2.19. The second kappa shape index (κ2) is 8.78. The molecule has 0 saturated carbocycles. The van der Waals surface area contributed by atoms with Gasteiger partial charge in [-0.15, -0.1) is 0 Å². The van der Waals surface area contributed by atoms with Crippen LogP contribution in [0.15, 0.2) is 0 Å². The molecule has 1 heteroatoms. The summed E-state index contributed by atoms with van der Waals surface area (Å²) in [4.78, 5) is 11.3. The van der Waals surface area contributed by atoms with Crippen molar-refractivity contribution in [1.29, 1.82) is 0 Å². The number of ketones is 1. The van der Waals surface area contributed by atoms with Crippen molar-refractivity contribution < 1.29 is 4.79 Å². The van der Waals surface area contributed by atoms with Crippen molar-refractivity contribution >= 4 is 5.78 Å². The van der Waals surface area contributed by atoms with E-state index in [2.05, 4.69) is 27.7 Å². The Balaban J connectivity index is 3.78. The molecule has 0 fully saturated rings. The van der Waals surface area contributed by atoms with E-state index in [1.807, 2.05) is 6.92 Å². The molecule has 0 aromatic rings. The molecular formula is C15H30O. The van der Waals surface area contributed by atoms with E-state index in [-0.39, 0.29) is 0 Å². The average Bonchev–Trinajstić information content (AvgIpc) is 2.23. The van der Waals surface area contributed by atoms with Gasteiger partial charge >= 0.3 is 0 Å². The van der Waals surface area contributed by atoms with E-state index >= 15 is 0 Å². The Morgan fingerprint density at radius 3 is 2.12 bits per heavy atom. The molecule has 0 saturated heterocycles. The van der Waals surface area contributed by atoms with Gasteiger partial charge in [0, 0.05) is 12.8 Å². The quantitative estimate of drug-likeness (QED) is 0.549. The summed E-state index contributed by atoms with van der Waals surface area (Å²) >= 11 is 0. The lowest BCUT2D eigenvalue weighted by atomic mass is 9.87. The van der Waals surface area contributed by atoms with Crippen molar-refractivity contribution in [3.8, 4) is 0 Å². The van der Waals surface area contributed by atoms with Crippen LogP contribution in [-0.2, 0) is 4.79 Å². The summed E-state index contributed by atoms with van der Waals surface area (Å²) in [5.74, 6) is 2.66. The summed E-state index contributed by atoms with van der Waals surface area (Å²) in [5.41, 5.74) is 0. The summed E-state index contributed by atoms with van der Waals surface area (Å²) in [7, 11) is 0. The molecule has 0 aromatic carbocycles. The molecule has 2 atom stereocenters. The van der Waals surface area contributed by atoms with Gasteiger partial charge in [0.15, 0.2) is 0 Å². The highest BCUT2D eigenvalue weighted by molar-refractivity contribution is 5.78. The maximum Gasteiger partial charge on any atom is 0.132 e. The van der Waals surface area contributed by atoms with Crippen LogP contribution in [0, 0.1) is 17.8 Å². The van der Waals surface area contributed by atoms with Crippen molar-refractivity contribution in [2.24, 2.45) is 17.8 Å². The van der Waals surface area contributed by atoms with Gasteiger partial charge in [-0.3, -0.25) is 4.79 Å². The van der Waals surface area contributed by atoms with Crippen LogP contribution in [0.25, 0.3) is 0 Å². The van der Waals surface area contributed by atoms with Crippen molar-refractivity contribution in [3.05, 3.63) is 0 Å². The van der Waals surface area contributed by atoms with Crippen molar-refractivity contribution in [1.82, 2.24) is 0 Å². The minimum absolute atomic E-state index is 0.421. The fourth-order valence-corrected chi connectivity index (χ4v) is 2.31. The van der Waals surface area contributed by atoms with Gasteiger partial charge < -0.3 is 0 Å². The molecule has 0 radical (unpaired) electrons. The molecule has 0 rings (SSSR count). The molecule has 1 nitrogen and oxygen atoms in total. The van der Waals surface area contributed by atoms with Gasteiger partial charge in [-0.25, -0.2) is 0 Å². The predicted octanol–water partition coefficient (Wildman–Crippen LogP) is 4.84. The predicted molar refractivity (Wildman–Crippen MR) is 71.5 cm³/mol. The largest absolute Gasteiger partial charge is 0.300 e. The minimum atomic E-state index is 0.421. The third-order valence-corrected chi connectivity index (χ3v) is 3.42. The van der Waals surface area contributed by atoms with Crippen molar-refractivity contribution in [2.75, 3.05) is 0 Å². The first-order chi connectivity index (χ1) is 7.49. The van der Waals surface area contributed by atoms with E-state index in [1.54, 1.807) is 0 Å². The maximum absolute atomic E-state index is 11.3. The third kappa shape index (κ3) is 7.90. The molecule has 0 N–H and O–H groups in total. The van der Waals surface area contributed by atoms with Crippen LogP contribution in [0.4, 0.5) is 0 Å². The second-order valence-corrected chi connectivity index (χ2v) is 5.68. The van der Waals surface area contributed by atoms with Crippen LogP contribution in [0.2, 0.25) is 0 Å². The average molecular weight is 226 g/mol. The lowest BCUT2D eigenvalue weighted by Crippen LogP contribution is -2.09. The van der Waals surface area contributed by atoms with Crippen molar-refractivity contribution in [2.45, 2.75) is 73.1 Å². The molecule has 0 aliphatic rings. The van der Waals surface area contributed by atoms with Gasteiger partial charge in [0.1, 0.15) is 5.78 Å². The molecular weight excluding hydrogens is 196 g/mol. The molecule has 0 amide bonds. The van der Waals surface area contributed by atoms with E-state index in [0.29, 0.717) is 18.1 Å². The van der Waals surface area contributed by atoms with Crippen LogP contribution in [0.5, 0.6) is 0 Å². The molecule has 0 bridgehead atoms. The number of carbonyl (C=O) groups is 1. The Bertz CT molecular complexity index is 184. The first-order valence-electron chi connectivity index (χ1n) is 7.01. The first-order valence-corrected chi connectivity index (χ1v) is 7.01. The van der Waals surface area contributed by atoms with Gasteiger partial charge in [0.25, 0.3) is 0 Å². The molecule has 16 heavy (non-hydrogen) atoms. The van der Waals surface area contributed by atoms with Gasteiger partial charge in [-0.1, -0.05) is 53.9 Å². The Hall–Kier alpha value is -0.330. The second-order valence-electron chi connectivity index (χ2n) is 5.68. The molecule has 0 aromatic heterocycles. The standard InChI is InChI=1S/C15H30O/c1-6-14(10-12(3)4)9-8-13(5)11-15(16)7-2/h12-14H,6-11H2,1-5H3. The smallest absolute Gasteiger partial charge is 0.132 e. The van der Waals surface area contributed by atoms with E-state index < -0.39 is 0 Å². The Morgan fingerprint density at radius 2 is 1.69 bits per heavy atom. The molecule has 0 aliphatic heterocycles. The monoisotopic (exact) mass is 226 g/mol. The SMILES string of the molecule is CCC(=O)CC(C)CCC(CC)CC(C)C. The highest BCUT2D eigenvalue weighted by atomic mass is 16.1. The van der Waals surface area contributed by atoms with Crippen LogP contribution in [0.3, 0.4) is 0 Å². The number of hydrogen-bond donors (Lipinski definition) is 0. The van der Waals surface area contributed by atoms with Gasteiger partial charge in [0.2, 0.25) is 0 Å². The summed E-state index contributed by atoms with van der Waals surface area (Å²) in [6.07, 6.45) is 6.63. The van der Waals surface area contributed by atoms with Crippen LogP contribution < -0.4 is 0 Å². The number of rotatable bonds is 9. The summed E-state index contributed by atoms with van der Waals surface area (Å²) in [6.45, 7) is 11.1. The molecule has 2 unspecified atom stereocenters. The van der Waals surface area contributed by atoms with Gasteiger partial charge in [-0.2, -0.15) is 0 Å². The topological polar surface area (TPSA) is 17.1 Å². The summed E-state index contributed by atoms with van der Waals surface area (Å²) in [6, 6.07) is 0. The van der Waals surface area contributed by atoms with E-state index in [4.69, 9.17) is 0 Å². The molecule has 0 spiro atoms. The van der Waals surface area contributed by atoms with Crippen LogP contribution in [0.1, 0.15) is 73.1 Å². The number of Topliss-reactive ketones (excluding diaryl/α,β-unsaturated/α-hetero) is 1. The number of carbonyl (C=O) groups excluding carboxylic acids is 1. The van der Waals surface area contributed by atoms with Crippen molar-refractivity contribution in [3.63, 3.8) is 0 Å². The van der Waals surface area contributed by atoms with Gasteiger partial charge in [-0.05, 0) is 24.2 Å². The van der Waals surface area contributed by atoms with Gasteiger partial charge in [0.05, 0.1) is 0 Å². The highest BCUT2D eigenvalue weighted by Gasteiger charge is 2.12. The highest BCUT2D eigenvalue weighted by Crippen LogP contribution is 2.23. The molecule has 96 valence electrons.